The average Bonchev–Trinajstić information content (AvgIpc) is 2.90. The second-order valence-corrected chi connectivity index (χ2v) is 4.11. The van der Waals surface area contributed by atoms with Gasteiger partial charge in [-0.25, -0.2) is 9.67 Å². The van der Waals surface area contributed by atoms with Gasteiger partial charge in [-0.05, 0) is 24.6 Å². The summed E-state index contributed by atoms with van der Waals surface area (Å²) in [5.74, 6) is 0.816. The molecule has 0 atom stereocenters. The molecule has 3 aromatic rings. The van der Waals surface area contributed by atoms with E-state index in [0.29, 0.717) is 0 Å². The van der Waals surface area contributed by atoms with E-state index >= 15 is 0 Å². The maximum atomic E-state index is 4.34. The molecule has 0 N–H and O–H groups in total. The number of aryl methyl sites for hydroxylation is 1. The summed E-state index contributed by atoms with van der Waals surface area (Å²) in [5.41, 5.74) is 3.22. The third-order valence-electron chi connectivity index (χ3n) is 2.71. The molecule has 88 valence electrons. The molecule has 0 spiro atoms. The summed E-state index contributed by atoms with van der Waals surface area (Å²) in [4.78, 5) is 8.44. The molecule has 0 saturated heterocycles. The van der Waals surface area contributed by atoms with Gasteiger partial charge in [0.15, 0.2) is 5.82 Å². The van der Waals surface area contributed by atoms with Crippen molar-refractivity contribution in [2.24, 2.45) is 0 Å². The monoisotopic (exact) mass is 236 g/mol. The van der Waals surface area contributed by atoms with Crippen LogP contribution in [0.5, 0.6) is 0 Å². The molecule has 0 radical (unpaired) electrons. The number of hydrogen-bond donors (Lipinski definition) is 0. The first-order valence-electron chi connectivity index (χ1n) is 5.71. The normalized spacial score (nSPS) is 10.5. The summed E-state index contributed by atoms with van der Waals surface area (Å²) in [7, 11) is 0. The topological polar surface area (TPSA) is 43.6 Å². The number of pyridine rings is 2. The highest BCUT2D eigenvalue weighted by Gasteiger charge is 2.03. The van der Waals surface area contributed by atoms with Crippen LogP contribution in [0.2, 0.25) is 0 Å². The van der Waals surface area contributed by atoms with Crippen LogP contribution in [0.25, 0.3) is 16.9 Å². The van der Waals surface area contributed by atoms with E-state index in [2.05, 4.69) is 15.1 Å². The Morgan fingerprint density at radius 3 is 2.67 bits per heavy atom. The maximum absolute atomic E-state index is 4.34. The lowest BCUT2D eigenvalue weighted by Gasteiger charge is -1.99. The minimum Gasteiger partial charge on any atom is -0.264 e. The van der Waals surface area contributed by atoms with E-state index in [1.54, 1.807) is 10.9 Å². The Bertz CT molecular complexity index is 641. The Hall–Kier alpha value is -2.49. The zero-order chi connectivity index (χ0) is 12.4. The Morgan fingerprint density at radius 2 is 1.94 bits per heavy atom. The number of hydrogen-bond acceptors (Lipinski definition) is 3. The quantitative estimate of drug-likeness (QED) is 0.687. The van der Waals surface area contributed by atoms with Gasteiger partial charge in [0.05, 0.1) is 6.20 Å². The van der Waals surface area contributed by atoms with Gasteiger partial charge >= 0.3 is 0 Å². The van der Waals surface area contributed by atoms with Crippen LogP contribution in [0.1, 0.15) is 5.56 Å². The van der Waals surface area contributed by atoms with Crippen molar-refractivity contribution >= 4 is 0 Å². The van der Waals surface area contributed by atoms with Crippen molar-refractivity contribution in [2.45, 2.75) is 6.92 Å². The summed E-state index contributed by atoms with van der Waals surface area (Å²) in [6.45, 7) is 2.01. The second-order valence-electron chi connectivity index (χ2n) is 4.11. The van der Waals surface area contributed by atoms with Gasteiger partial charge in [0.2, 0.25) is 0 Å². The highest BCUT2D eigenvalue weighted by atomic mass is 15.3. The van der Waals surface area contributed by atoms with Crippen molar-refractivity contribution in [1.82, 2.24) is 19.7 Å². The minimum absolute atomic E-state index is 0.816. The second kappa shape index (κ2) is 4.41. The fourth-order valence-electron chi connectivity index (χ4n) is 1.73. The molecule has 0 aromatic carbocycles. The largest absolute Gasteiger partial charge is 0.264 e. The van der Waals surface area contributed by atoms with Crippen LogP contribution in [0.15, 0.2) is 55.2 Å². The van der Waals surface area contributed by atoms with E-state index in [9.17, 15) is 0 Å². The van der Waals surface area contributed by atoms with Crippen LogP contribution in [0.4, 0.5) is 0 Å². The van der Waals surface area contributed by atoms with Crippen molar-refractivity contribution in [3.8, 4) is 16.9 Å². The molecule has 4 nitrogen and oxygen atoms in total. The fourth-order valence-corrected chi connectivity index (χ4v) is 1.73. The Morgan fingerprint density at radius 1 is 1.00 bits per heavy atom. The van der Waals surface area contributed by atoms with E-state index < -0.39 is 0 Å². The van der Waals surface area contributed by atoms with Gasteiger partial charge in [-0.2, -0.15) is 5.10 Å². The summed E-state index contributed by atoms with van der Waals surface area (Å²) in [6.07, 6.45) is 9.19. The minimum atomic E-state index is 0.816. The molecule has 3 rings (SSSR count). The zero-order valence-electron chi connectivity index (χ0n) is 9.99. The Labute approximate surface area is 105 Å². The van der Waals surface area contributed by atoms with Crippen LogP contribution in [-0.2, 0) is 0 Å². The van der Waals surface area contributed by atoms with E-state index in [-0.39, 0.29) is 0 Å². The molecule has 0 aliphatic carbocycles. The van der Waals surface area contributed by atoms with Crippen LogP contribution >= 0.6 is 0 Å². The Kier molecular flexibility index (Phi) is 2.61. The summed E-state index contributed by atoms with van der Waals surface area (Å²) < 4.78 is 1.77. The molecule has 4 heteroatoms. The van der Waals surface area contributed by atoms with Crippen LogP contribution in [0.3, 0.4) is 0 Å². The molecule has 0 aliphatic heterocycles. The lowest BCUT2D eigenvalue weighted by Crippen LogP contribution is -1.96. The average molecular weight is 236 g/mol. The first-order chi connectivity index (χ1) is 8.83. The van der Waals surface area contributed by atoms with Crippen LogP contribution in [0, 0.1) is 6.92 Å². The molecule has 0 unspecified atom stereocenters. The van der Waals surface area contributed by atoms with Crippen molar-refractivity contribution in [2.75, 3.05) is 0 Å². The van der Waals surface area contributed by atoms with Gasteiger partial charge in [-0.3, -0.25) is 4.98 Å². The smallest absolute Gasteiger partial charge is 0.153 e. The van der Waals surface area contributed by atoms with Gasteiger partial charge < -0.3 is 0 Å². The summed E-state index contributed by atoms with van der Waals surface area (Å²) in [5, 5.41) is 4.32. The number of nitrogens with zero attached hydrogens (tertiary/aromatic N) is 4. The van der Waals surface area contributed by atoms with Gasteiger partial charge in [-0.15, -0.1) is 0 Å². The predicted molar refractivity (Wildman–Crippen MR) is 69.3 cm³/mol. The first-order valence-corrected chi connectivity index (χ1v) is 5.71. The first kappa shape index (κ1) is 10.7. The third kappa shape index (κ3) is 2.00. The molecule has 0 amide bonds. The zero-order valence-corrected chi connectivity index (χ0v) is 9.99. The van der Waals surface area contributed by atoms with Crippen molar-refractivity contribution in [3.63, 3.8) is 0 Å². The van der Waals surface area contributed by atoms with Gasteiger partial charge in [-0.1, -0.05) is 12.1 Å². The summed E-state index contributed by atoms with van der Waals surface area (Å²) in [6, 6.07) is 7.90. The third-order valence-corrected chi connectivity index (χ3v) is 2.71. The van der Waals surface area contributed by atoms with E-state index in [1.807, 2.05) is 56.0 Å². The molecule has 18 heavy (non-hydrogen) atoms. The van der Waals surface area contributed by atoms with E-state index in [1.165, 1.54) is 0 Å². The molecule has 3 heterocycles. The highest BCUT2D eigenvalue weighted by Crippen LogP contribution is 2.18. The van der Waals surface area contributed by atoms with Gasteiger partial charge in [0.1, 0.15) is 0 Å². The van der Waals surface area contributed by atoms with Crippen LogP contribution in [-0.4, -0.2) is 19.7 Å². The molecule has 0 saturated carbocycles. The van der Waals surface area contributed by atoms with Gasteiger partial charge in [0.25, 0.3) is 0 Å². The fraction of sp³-hybridized carbons (Fsp3) is 0.0714. The standard InChI is InChI=1S/C14H12N4/c1-11-4-5-14(16-7-11)18-10-13(9-17-18)12-3-2-6-15-8-12/h2-10H,1H3. The highest BCUT2D eigenvalue weighted by molar-refractivity contribution is 5.60. The predicted octanol–water partition coefficient (Wildman–Crippen LogP) is 2.64. The lowest BCUT2D eigenvalue weighted by molar-refractivity contribution is 0.845. The molecular formula is C14H12N4. The molecular weight excluding hydrogens is 224 g/mol. The maximum Gasteiger partial charge on any atom is 0.153 e. The van der Waals surface area contributed by atoms with Crippen molar-refractivity contribution < 1.29 is 0 Å². The summed E-state index contributed by atoms with van der Waals surface area (Å²) >= 11 is 0. The number of rotatable bonds is 2. The molecule has 0 aliphatic rings. The van der Waals surface area contributed by atoms with Crippen molar-refractivity contribution in [1.29, 1.82) is 0 Å². The Balaban J connectivity index is 1.97. The van der Waals surface area contributed by atoms with Gasteiger partial charge in [0, 0.05) is 35.9 Å². The van der Waals surface area contributed by atoms with E-state index in [0.717, 1.165) is 22.5 Å². The van der Waals surface area contributed by atoms with Crippen LogP contribution < -0.4 is 0 Å². The molecule has 0 bridgehead atoms. The number of aromatic nitrogens is 4. The lowest BCUT2D eigenvalue weighted by atomic mass is 10.2. The van der Waals surface area contributed by atoms with E-state index in [4.69, 9.17) is 0 Å². The van der Waals surface area contributed by atoms with Crippen molar-refractivity contribution in [3.05, 3.63) is 60.8 Å². The molecule has 3 aromatic heterocycles. The SMILES string of the molecule is Cc1ccc(-n2cc(-c3cccnc3)cn2)nc1. The molecule has 0 fully saturated rings.